The maximum Gasteiger partial charge on any atom is 0.390 e. The zero-order valence-corrected chi connectivity index (χ0v) is 50.4. The minimum atomic E-state index is -4.19. The molecule has 0 saturated carbocycles. The summed E-state index contributed by atoms with van der Waals surface area (Å²) in [5, 5.41) is 0. The summed E-state index contributed by atoms with van der Waals surface area (Å²) in [4.78, 5) is 57.7. The molecule has 0 atom stereocenters. The molecule has 0 bridgehead atoms. The summed E-state index contributed by atoms with van der Waals surface area (Å²) in [5.41, 5.74) is 19.5. The van der Waals surface area contributed by atoms with Crippen LogP contribution >= 0.6 is 15.2 Å². The Bertz CT molecular complexity index is 4450. The van der Waals surface area contributed by atoms with E-state index in [0.717, 1.165) is 114 Å². The molecule has 7 aromatic carbocycles. The second-order valence-corrected chi connectivity index (χ2v) is 25.3. The first-order valence-electron chi connectivity index (χ1n) is 29.2. The van der Waals surface area contributed by atoms with Crippen molar-refractivity contribution in [1.29, 1.82) is 0 Å². The fourth-order valence-electron chi connectivity index (χ4n) is 10.9. The molecule has 0 fully saturated rings. The highest BCUT2D eigenvalue weighted by Crippen LogP contribution is 2.36. The maximum absolute atomic E-state index is 11.5. The molecule has 0 saturated heterocycles. The van der Waals surface area contributed by atoms with E-state index < -0.39 is 15.2 Å². The molecule has 438 valence electrons. The number of nitrogens with zero attached hydrogens (tertiary/aromatic N) is 8. The molecule has 16 heteroatoms. The lowest BCUT2D eigenvalue weighted by Gasteiger charge is -2.11. The normalized spacial score (nSPS) is 11.6. The summed E-state index contributed by atoms with van der Waals surface area (Å²) in [6, 6.07) is 82.0. The van der Waals surface area contributed by atoms with Gasteiger partial charge in [-0.15, -0.1) is 0 Å². The molecule has 0 aliphatic carbocycles. The molecule has 0 radical (unpaired) electrons. The van der Waals surface area contributed by atoms with Crippen LogP contribution < -0.4 is 18.3 Å². The topological polar surface area (TPSA) is 182 Å². The molecule has 0 aliphatic rings. The Morgan fingerprint density at radius 2 is 0.500 bits per heavy atom. The van der Waals surface area contributed by atoms with E-state index in [1.807, 2.05) is 146 Å². The molecule has 0 unspecified atom stereocenters. The van der Waals surface area contributed by atoms with Crippen LogP contribution in [0.25, 0.3) is 112 Å². The van der Waals surface area contributed by atoms with Crippen molar-refractivity contribution in [2.75, 3.05) is 0 Å². The zero-order chi connectivity index (χ0) is 61.6. The largest absolute Gasteiger partial charge is 0.390 e. The van der Waals surface area contributed by atoms with E-state index in [1.165, 1.54) is 20.3 Å². The lowest BCUT2D eigenvalue weighted by molar-refractivity contribution is -0.689. The smallest absolute Gasteiger partial charge is 0.320 e. The zero-order valence-electron chi connectivity index (χ0n) is 48.6. The number of aromatic nitrogens is 8. The van der Waals surface area contributed by atoms with E-state index in [2.05, 4.69) is 131 Å². The molecule has 6 aromatic heterocycles. The van der Waals surface area contributed by atoms with Crippen LogP contribution in [-0.4, -0.2) is 39.5 Å². The molecule has 4 N–H and O–H groups in total. The van der Waals surface area contributed by atoms with Crippen LogP contribution in [0.1, 0.15) is 11.1 Å². The average Bonchev–Trinajstić information content (AvgIpc) is 1.47. The van der Waals surface area contributed by atoms with Crippen LogP contribution in [0.3, 0.4) is 0 Å². The highest BCUT2D eigenvalue weighted by molar-refractivity contribution is 7.50. The third-order valence-electron chi connectivity index (χ3n) is 15.6. The quantitative estimate of drug-likeness (QED) is 0.0477. The predicted molar refractivity (Wildman–Crippen MR) is 348 cm³/mol. The van der Waals surface area contributed by atoms with Crippen molar-refractivity contribution >= 4 is 15.2 Å². The first kappa shape index (κ1) is 58.6. The van der Waals surface area contributed by atoms with Crippen molar-refractivity contribution in [1.82, 2.24) is 19.9 Å². The number of benzene rings is 7. The minimum Gasteiger partial charge on any atom is -0.320 e. The molecule has 14 nitrogen and oxygen atoms in total. The standard InChI is InChI=1S/C74H56N8O6P2/c83-89(84,85)51-81-42-34-61(35-43-81)57-18-26-65(27-19-57)71-47-69(75-73(77-71)67-10-3-1-4-11-67)63-22-14-55(15-23-63)59-30-38-79(39-31-59)49-53-8-7-9-54(46-53)50-80-40-32-60(33-41-80)56-16-24-64(25-17-56)70-48-72(78-74(76-70)68-12-5-2-6-13-68)66-28-20-58(21-29-66)62-36-44-82(45-37-62)52-90(86,87)88/h1-48H,49-52H2/p+4. The average molecular weight is 1220 g/mol. The molecule has 13 aromatic rings. The van der Waals surface area contributed by atoms with E-state index in [9.17, 15) is 28.7 Å². The van der Waals surface area contributed by atoms with Crippen LogP contribution in [0.5, 0.6) is 0 Å². The highest BCUT2D eigenvalue weighted by Gasteiger charge is 2.22. The lowest BCUT2D eigenvalue weighted by atomic mass is 10.0. The number of hydrogen-bond donors (Lipinski definition) is 4. The van der Waals surface area contributed by atoms with Gasteiger partial charge in [0, 0.05) is 93.0 Å². The van der Waals surface area contributed by atoms with E-state index in [1.54, 1.807) is 24.8 Å². The van der Waals surface area contributed by atoms with Gasteiger partial charge in [-0.05, 0) is 62.7 Å². The number of pyridine rings is 4. The fraction of sp³-hybridized carbons (Fsp3) is 0.0541. The van der Waals surface area contributed by atoms with Gasteiger partial charge >= 0.3 is 15.2 Å². The second kappa shape index (κ2) is 25.7. The van der Waals surface area contributed by atoms with Crippen molar-refractivity contribution < 1.29 is 47.0 Å². The Morgan fingerprint density at radius 1 is 0.256 bits per heavy atom. The summed E-state index contributed by atoms with van der Waals surface area (Å²) in [5.74, 6) is 1.26. The molecule has 0 aliphatic heterocycles. The summed E-state index contributed by atoms with van der Waals surface area (Å²) < 4.78 is 30.4. The summed E-state index contributed by atoms with van der Waals surface area (Å²) in [6.07, 6.45) is 14.5. The number of rotatable bonds is 18. The Hall–Kier alpha value is -10.4. The van der Waals surface area contributed by atoms with E-state index >= 15 is 0 Å². The van der Waals surface area contributed by atoms with Crippen LogP contribution in [0.15, 0.2) is 292 Å². The third-order valence-corrected chi connectivity index (χ3v) is 16.9. The Morgan fingerprint density at radius 3 is 0.767 bits per heavy atom. The molecular weight excluding hydrogens is 1160 g/mol. The monoisotopic (exact) mass is 1220 g/mol. The predicted octanol–water partition coefficient (Wildman–Crippen LogP) is 13.5. The fourth-order valence-corrected chi connectivity index (χ4v) is 12.2. The Kier molecular flexibility index (Phi) is 16.8. The van der Waals surface area contributed by atoms with Gasteiger partial charge in [0.25, 0.3) is 0 Å². The van der Waals surface area contributed by atoms with Crippen molar-refractivity contribution in [3.8, 4) is 112 Å². The first-order chi connectivity index (χ1) is 43.7. The van der Waals surface area contributed by atoms with Gasteiger partial charge in [-0.3, -0.25) is 9.13 Å². The summed E-state index contributed by atoms with van der Waals surface area (Å²) in [7, 11) is -8.38. The molecule has 0 spiro atoms. The molecule has 13 rings (SSSR count). The maximum atomic E-state index is 11.5. The van der Waals surface area contributed by atoms with E-state index in [4.69, 9.17) is 19.9 Å². The van der Waals surface area contributed by atoms with Gasteiger partial charge in [-0.1, -0.05) is 176 Å². The van der Waals surface area contributed by atoms with Gasteiger partial charge < -0.3 is 19.6 Å². The van der Waals surface area contributed by atoms with Gasteiger partial charge in [0.15, 0.2) is 74.3 Å². The minimum absolute atomic E-state index is 0.371. The van der Waals surface area contributed by atoms with E-state index in [0.29, 0.717) is 11.6 Å². The Balaban J connectivity index is 0.653. The SMILES string of the molecule is O=P(O)(O)C[n+]1ccc(-c2ccc(-c3cc(-c4ccc(-c5cc[n+](Cc6cccc(C[n+]7ccc(-c8ccc(-c9cc(-c%10ccc(-c%11cc[n+](CP(=O)(O)O)cc%11)cc%10)nc(-c%10ccccc%10)n9)cc8)cc7)c6)cc5)cc4)nc(-c4ccccc4)n3)cc2)cc1. The highest BCUT2D eigenvalue weighted by atomic mass is 31.2. The Labute approximate surface area is 520 Å². The van der Waals surface area contributed by atoms with Gasteiger partial charge in [0.1, 0.15) is 0 Å². The molecule has 6 heterocycles. The van der Waals surface area contributed by atoms with Gasteiger partial charge in [0.05, 0.1) is 22.8 Å². The molecule has 0 amide bonds. The summed E-state index contributed by atoms with van der Waals surface area (Å²) >= 11 is 0. The number of hydrogen-bond acceptors (Lipinski definition) is 6. The van der Waals surface area contributed by atoms with Crippen molar-refractivity contribution in [2.24, 2.45) is 0 Å². The second-order valence-electron chi connectivity index (χ2n) is 22.1. The van der Waals surface area contributed by atoms with Gasteiger partial charge in [-0.2, -0.15) is 9.13 Å². The molecular formula is C74H60N8O6P2+4. The van der Waals surface area contributed by atoms with Crippen molar-refractivity contribution in [3.63, 3.8) is 0 Å². The van der Waals surface area contributed by atoms with Crippen molar-refractivity contribution in [3.05, 3.63) is 303 Å². The van der Waals surface area contributed by atoms with Crippen LogP contribution in [-0.2, 0) is 34.8 Å². The molecule has 90 heavy (non-hydrogen) atoms. The van der Waals surface area contributed by atoms with Gasteiger partial charge in [-0.25, -0.2) is 29.1 Å². The van der Waals surface area contributed by atoms with Crippen LogP contribution in [0.4, 0.5) is 0 Å². The lowest BCUT2D eigenvalue weighted by Crippen LogP contribution is -2.34. The first-order valence-corrected chi connectivity index (χ1v) is 32.8. The van der Waals surface area contributed by atoms with Crippen LogP contribution in [0.2, 0.25) is 0 Å². The third kappa shape index (κ3) is 14.4. The van der Waals surface area contributed by atoms with Crippen molar-refractivity contribution in [2.45, 2.75) is 25.7 Å². The van der Waals surface area contributed by atoms with E-state index in [-0.39, 0.29) is 12.6 Å². The van der Waals surface area contributed by atoms with Crippen LogP contribution in [0, 0.1) is 0 Å². The summed E-state index contributed by atoms with van der Waals surface area (Å²) in [6.45, 7) is 1.45. The van der Waals surface area contributed by atoms with Gasteiger partial charge in [0.2, 0.25) is 12.6 Å².